The van der Waals surface area contributed by atoms with E-state index in [0.717, 1.165) is 28.1 Å². The molecular weight excluding hydrogens is 326 g/mol. The zero-order chi connectivity index (χ0) is 17.8. The summed E-state index contributed by atoms with van der Waals surface area (Å²) in [4.78, 5) is 17.2. The lowest BCUT2D eigenvalue weighted by Gasteiger charge is -2.13. The molecular formula is C20H19N5O. The lowest BCUT2D eigenvalue weighted by atomic mass is 10.2. The molecule has 0 spiro atoms. The van der Waals surface area contributed by atoms with Crippen molar-refractivity contribution in [2.75, 3.05) is 0 Å². The van der Waals surface area contributed by atoms with E-state index in [1.165, 1.54) is 12.8 Å². The Labute approximate surface area is 150 Å². The molecule has 1 aromatic carbocycles. The van der Waals surface area contributed by atoms with Gasteiger partial charge in [-0.3, -0.25) is 4.79 Å². The van der Waals surface area contributed by atoms with E-state index in [9.17, 15) is 4.79 Å². The van der Waals surface area contributed by atoms with Crippen molar-refractivity contribution in [3.63, 3.8) is 0 Å². The average molecular weight is 345 g/mol. The van der Waals surface area contributed by atoms with E-state index in [-0.39, 0.29) is 5.56 Å². The standard InChI is InChI=1S/C20H19N5O/c1-13-21-20(17-8-5-11-24(17)14-9-10-14)25(22-13)18-12-19(26)23(2)16-7-4-3-6-15(16)18/h3-8,11-12,14H,9-10H2,1-2H3. The molecule has 26 heavy (non-hydrogen) atoms. The lowest BCUT2D eigenvalue weighted by molar-refractivity contribution is 0.744. The summed E-state index contributed by atoms with van der Waals surface area (Å²) in [5.74, 6) is 1.46. The number of rotatable bonds is 3. The van der Waals surface area contributed by atoms with E-state index in [2.05, 4.69) is 26.9 Å². The Balaban J connectivity index is 1.81. The Bertz CT molecular complexity index is 1190. The van der Waals surface area contributed by atoms with Gasteiger partial charge < -0.3 is 9.13 Å². The third kappa shape index (κ3) is 2.22. The predicted molar refractivity (Wildman–Crippen MR) is 101 cm³/mol. The molecule has 0 atom stereocenters. The summed E-state index contributed by atoms with van der Waals surface area (Å²) in [6.45, 7) is 1.88. The van der Waals surface area contributed by atoms with Gasteiger partial charge in [0.2, 0.25) is 0 Å². The Morgan fingerprint density at radius 1 is 1.12 bits per heavy atom. The highest BCUT2D eigenvalue weighted by atomic mass is 16.1. The topological polar surface area (TPSA) is 57.6 Å². The highest BCUT2D eigenvalue weighted by molar-refractivity contribution is 5.87. The van der Waals surface area contributed by atoms with Crippen LogP contribution in [0.5, 0.6) is 0 Å². The van der Waals surface area contributed by atoms with Crippen molar-refractivity contribution in [1.82, 2.24) is 23.9 Å². The first-order valence-electron chi connectivity index (χ1n) is 8.83. The zero-order valence-corrected chi connectivity index (χ0v) is 14.8. The normalized spacial score (nSPS) is 14.2. The van der Waals surface area contributed by atoms with Gasteiger partial charge in [0.15, 0.2) is 5.82 Å². The molecule has 6 heteroatoms. The van der Waals surface area contributed by atoms with Gasteiger partial charge in [-0.25, -0.2) is 9.67 Å². The summed E-state index contributed by atoms with van der Waals surface area (Å²) in [5, 5.41) is 5.60. The molecule has 0 bridgehead atoms. The number of hydrogen-bond donors (Lipinski definition) is 0. The highest BCUT2D eigenvalue weighted by Gasteiger charge is 2.27. The Morgan fingerprint density at radius 3 is 2.73 bits per heavy atom. The van der Waals surface area contributed by atoms with Gasteiger partial charge in [0.05, 0.1) is 16.9 Å². The molecule has 6 nitrogen and oxygen atoms in total. The summed E-state index contributed by atoms with van der Waals surface area (Å²) in [7, 11) is 1.79. The van der Waals surface area contributed by atoms with Crippen molar-refractivity contribution in [2.45, 2.75) is 25.8 Å². The average Bonchev–Trinajstić information content (AvgIpc) is 3.24. The van der Waals surface area contributed by atoms with Crippen LogP contribution in [0.25, 0.3) is 28.1 Å². The molecule has 4 aromatic rings. The van der Waals surface area contributed by atoms with E-state index in [0.29, 0.717) is 11.9 Å². The fourth-order valence-electron chi connectivity index (χ4n) is 3.57. The molecule has 0 saturated heterocycles. The van der Waals surface area contributed by atoms with Crippen LogP contribution in [-0.2, 0) is 7.05 Å². The minimum absolute atomic E-state index is 0.0598. The van der Waals surface area contributed by atoms with E-state index < -0.39 is 0 Å². The van der Waals surface area contributed by atoms with E-state index in [1.54, 1.807) is 17.7 Å². The van der Waals surface area contributed by atoms with Crippen molar-refractivity contribution in [1.29, 1.82) is 0 Å². The van der Waals surface area contributed by atoms with E-state index in [1.807, 2.05) is 41.9 Å². The number of benzene rings is 1. The molecule has 130 valence electrons. The number of pyridine rings is 1. The van der Waals surface area contributed by atoms with Gasteiger partial charge in [-0.1, -0.05) is 18.2 Å². The molecule has 1 saturated carbocycles. The number of fused-ring (bicyclic) bond motifs is 1. The van der Waals surface area contributed by atoms with Crippen molar-refractivity contribution < 1.29 is 0 Å². The maximum Gasteiger partial charge on any atom is 0.252 e. The van der Waals surface area contributed by atoms with Gasteiger partial charge in [-0.15, -0.1) is 0 Å². The number of aromatic nitrogens is 5. The molecule has 3 aromatic heterocycles. The second-order valence-corrected chi connectivity index (χ2v) is 6.87. The first-order valence-corrected chi connectivity index (χ1v) is 8.83. The molecule has 0 unspecified atom stereocenters. The van der Waals surface area contributed by atoms with Gasteiger partial charge in [0.1, 0.15) is 5.82 Å². The van der Waals surface area contributed by atoms with Crippen LogP contribution in [-0.4, -0.2) is 23.9 Å². The van der Waals surface area contributed by atoms with Crippen LogP contribution in [0.4, 0.5) is 0 Å². The lowest BCUT2D eigenvalue weighted by Crippen LogP contribution is -2.18. The number of para-hydroxylation sites is 1. The minimum atomic E-state index is -0.0598. The maximum atomic E-state index is 12.5. The summed E-state index contributed by atoms with van der Waals surface area (Å²) < 4.78 is 5.74. The van der Waals surface area contributed by atoms with Crippen LogP contribution >= 0.6 is 0 Å². The van der Waals surface area contributed by atoms with Crippen molar-refractivity contribution in [3.05, 3.63) is 64.8 Å². The quantitative estimate of drug-likeness (QED) is 0.573. The summed E-state index contributed by atoms with van der Waals surface area (Å²) in [6.07, 6.45) is 4.50. The van der Waals surface area contributed by atoms with Crippen LogP contribution in [0.2, 0.25) is 0 Å². The molecule has 1 aliphatic rings. The van der Waals surface area contributed by atoms with Gasteiger partial charge in [0, 0.05) is 30.7 Å². The maximum absolute atomic E-state index is 12.5. The fourth-order valence-corrected chi connectivity index (χ4v) is 3.57. The Kier molecular flexibility index (Phi) is 3.16. The van der Waals surface area contributed by atoms with Gasteiger partial charge in [-0.05, 0) is 38.0 Å². The predicted octanol–water partition coefficient (Wildman–Crippen LogP) is 3.23. The van der Waals surface area contributed by atoms with E-state index in [4.69, 9.17) is 0 Å². The SMILES string of the molecule is Cc1nc(-c2cccn2C2CC2)n(-c2cc(=O)n(C)c3ccccc23)n1. The largest absolute Gasteiger partial charge is 0.342 e. The first kappa shape index (κ1) is 15.1. The van der Waals surface area contributed by atoms with Gasteiger partial charge in [0.25, 0.3) is 5.56 Å². The van der Waals surface area contributed by atoms with Crippen LogP contribution in [0, 0.1) is 6.92 Å². The van der Waals surface area contributed by atoms with Gasteiger partial charge in [-0.2, -0.15) is 5.10 Å². The Morgan fingerprint density at radius 2 is 1.92 bits per heavy atom. The minimum Gasteiger partial charge on any atom is -0.342 e. The number of nitrogens with zero attached hydrogens (tertiary/aromatic N) is 5. The summed E-state index contributed by atoms with van der Waals surface area (Å²) >= 11 is 0. The Hall–Kier alpha value is -3.15. The van der Waals surface area contributed by atoms with Crippen LogP contribution in [0.15, 0.2) is 53.5 Å². The molecule has 0 N–H and O–H groups in total. The second-order valence-electron chi connectivity index (χ2n) is 6.87. The number of aryl methyl sites for hydroxylation is 2. The van der Waals surface area contributed by atoms with Crippen molar-refractivity contribution in [3.8, 4) is 17.2 Å². The van der Waals surface area contributed by atoms with E-state index >= 15 is 0 Å². The van der Waals surface area contributed by atoms with Crippen LogP contribution < -0.4 is 5.56 Å². The van der Waals surface area contributed by atoms with Crippen LogP contribution in [0.3, 0.4) is 0 Å². The smallest absolute Gasteiger partial charge is 0.252 e. The molecule has 5 rings (SSSR count). The first-order chi connectivity index (χ1) is 12.6. The molecule has 0 amide bonds. The molecule has 1 fully saturated rings. The zero-order valence-electron chi connectivity index (χ0n) is 14.8. The fraction of sp³-hybridized carbons (Fsp3) is 0.250. The molecule has 3 heterocycles. The van der Waals surface area contributed by atoms with Gasteiger partial charge >= 0.3 is 0 Å². The second kappa shape index (κ2) is 5.42. The van der Waals surface area contributed by atoms with Crippen LogP contribution in [0.1, 0.15) is 24.7 Å². The summed E-state index contributed by atoms with van der Waals surface area (Å²) in [5.41, 5.74) is 2.63. The third-order valence-corrected chi connectivity index (χ3v) is 5.02. The highest BCUT2D eigenvalue weighted by Crippen LogP contribution is 2.38. The summed E-state index contributed by atoms with van der Waals surface area (Å²) in [6, 6.07) is 14.2. The molecule has 0 aliphatic heterocycles. The monoisotopic (exact) mass is 345 g/mol. The molecule has 1 aliphatic carbocycles. The third-order valence-electron chi connectivity index (χ3n) is 5.02. The number of hydrogen-bond acceptors (Lipinski definition) is 3. The van der Waals surface area contributed by atoms with Crippen molar-refractivity contribution in [2.24, 2.45) is 7.05 Å². The molecule has 0 radical (unpaired) electrons. The van der Waals surface area contributed by atoms with Crippen molar-refractivity contribution >= 4 is 10.9 Å².